The summed E-state index contributed by atoms with van der Waals surface area (Å²) in [5.74, 6) is 0.987. The highest BCUT2D eigenvalue weighted by molar-refractivity contribution is 5.66. The Hall–Kier alpha value is -1.80. The van der Waals surface area contributed by atoms with Gasteiger partial charge in [0.2, 0.25) is 0 Å². The van der Waals surface area contributed by atoms with Gasteiger partial charge in [-0.2, -0.15) is 0 Å². The van der Waals surface area contributed by atoms with Crippen molar-refractivity contribution in [2.24, 2.45) is 0 Å². The van der Waals surface area contributed by atoms with Crippen molar-refractivity contribution in [2.45, 2.75) is 38.3 Å². The van der Waals surface area contributed by atoms with E-state index < -0.39 is 0 Å². The Labute approximate surface area is 127 Å². The van der Waals surface area contributed by atoms with E-state index in [2.05, 4.69) is 54.7 Å². The normalized spacial score (nSPS) is 15.7. The predicted octanol–water partition coefficient (Wildman–Crippen LogP) is 4.57. The van der Waals surface area contributed by atoms with Gasteiger partial charge in [0, 0.05) is 6.04 Å². The number of hydrogen-bond donors (Lipinski definition) is 1. The third-order valence-electron chi connectivity index (χ3n) is 4.04. The molecule has 1 unspecified atom stereocenters. The quantitative estimate of drug-likeness (QED) is 0.837. The second-order valence-corrected chi connectivity index (χ2v) is 5.72. The van der Waals surface area contributed by atoms with Crippen LogP contribution in [0.1, 0.15) is 37.8 Å². The van der Waals surface area contributed by atoms with E-state index in [1.165, 1.54) is 29.5 Å². The smallest absolute Gasteiger partial charge is 0.120 e. The molecule has 1 fully saturated rings. The lowest BCUT2D eigenvalue weighted by molar-refractivity contribution is 0.303. The first-order valence-electron chi connectivity index (χ1n) is 7.84. The molecule has 1 aliphatic carbocycles. The average molecular weight is 281 g/mol. The molecule has 21 heavy (non-hydrogen) atoms. The first-order valence-corrected chi connectivity index (χ1v) is 7.84. The van der Waals surface area contributed by atoms with Crippen LogP contribution in [0.2, 0.25) is 0 Å². The van der Waals surface area contributed by atoms with E-state index in [1.54, 1.807) is 0 Å². The van der Waals surface area contributed by atoms with E-state index in [4.69, 9.17) is 4.74 Å². The van der Waals surface area contributed by atoms with Crippen LogP contribution < -0.4 is 10.1 Å². The Bertz CT molecular complexity index is 600. The van der Waals surface area contributed by atoms with E-state index >= 15 is 0 Å². The lowest BCUT2D eigenvalue weighted by Gasteiger charge is -2.15. The number of ether oxygens (including phenoxy) is 1. The molecular weight excluding hydrogens is 258 g/mol. The van der Waals surface area contributed by atoms with Gasteiger partial charge in [0.05, 0.1) is 6.10 Å². The molecule has 0 radical (unpaired) electrons. The largest absolute Gasteiger partial charge is 0.490 e. The van der Waals surface area contributed by atoms with E-state index in [1.807, 2.05) is 13.1 Å². The van der Waals surface area contributed by atoms with Crippen LogP contribution in [-0.4, -0.2) is 13.2 Å². The van der Waals surface area contributed by atoms with E-state index in [0.29, 0.717) is 12.1 Å². The fourth-order valence-electron chi connectivity index (χ4n) is 2.67. The van der Waals surface area contributed by atoms with Crippen molar-refractivity contribution in [1.29, 1.82) is 0 Å². The average Bonchev–Trinajstić information content (AvgIpc) is 3.33. The van der Waals surface area contributed by atoms with Gasteiger partial charge in [0.25, 0.3) is 0 Å². The molecule has 2 nitrogen and oxygen atoms in total. The van der Waals surface area contributed by atoms with E-state index in [9.17, 15) is 0 Å². The van der Waals surface area contributed by atoms with Crippen molar-refractivity contribution in [1.82, 2.24) is 5.32 Å². The van der Waals surface area contributed by atoms with Crippen molar-refractivity contribution < 1.29 is 4.74 Å². The first-order chi connectivity index (χ1) is 10.3. The van der Waals surface area contributed by atoms with Gasteiger partial charge in [0.15, 0.2) is 0 Å². The van der Waals surface area contributed by atoms with Crippen LogP contribution in [0.25, 0.3) is 11.1 Å². The molecule has 0 spiro atoms. The Morgan fingerprint density at radius 1 is 1.10 bits per heavy atom. The van der Waals surface area contributed by atoms with Crippen LogP contribution in [0.4, 0.5) is 0 Å². The zero-order chi connectivity index (χ0) is 14.7. The topological polar surface area (TPSA) is 21.3 Å². The van der Waals surface area contributed by atoms with Crippen molar-refractivity contribution in [3.63, 3.8) is 0 Å². The number of nitrogens with one attached hydrogen (secondary N) is 1. The molecule has 2 aromatic carbocycles. The Morgan fingerprint density at radius 2 is 1.81 bits per heavy atom. The van der Waals surface area contributed by atoms with Crippen molar-refractivity contribution in [2.75, 3.05) is 7.05 Å². The van der Waals surface area contributed by atoms with Gasteiger partial charge in [-0.25, -0.2) is 0 Å². The predicted molar refractivity (Wildman–Crippen MR) is 87.6 cm³/mol. The van der Waals surface area contributed by atoms with Gasteiger partial charge in [-0.15, -0.1) is 0 Å². The molecule has 1 saturated carbocycles. The maximum Gasteiger partial charge on any atom is 0.120 e. The summed E-state index contributed by atoms with van der Waals surface area (Å²) < 4.78 is 5.90. The maximum atomic E-state index is 5.90. The molecule has 0 amide bonds. The minimum atomic E-state index is 0.413. The first kappa shape index (κ1) is 14.2. The zero-order valence-electron chi connectivity index (χ0n) is 12.8. The second kappa shape index (κ2) is 6.31. The number of benzene rings is 2. The van der Waals surface area contributed by atoms with E-state index in [0.717, 1.165) is 12.2 Å². The summed E-state index contributed by atoms with van der Waals surface area (Å²) in [6.45, 7) is 2.21. The molecule has 0 aromatic heterocycles. The molecule has 2 heteroatoms. The summed E-state index contributed by atoms with van der Waals surface area (Å²) in [6.07, 6.45) is 3.92. The Balaban J connectivity index is 1.87. The SMILES string of the molecule is CCC(NC)c1cccc(-c2cccc(OC3CC3)c2)c1. The molecule has 0 saturated heterocycles. The summed E-state index contributed by atoms with van der Waals surface area (Å²) in [6, 6.07) is 17.6. The third kappa shape index (κ3) is 3.45. The van der Waals surface area contributed by atoms with Gasteiger partial charge in [0.1, 0.15) is 5.75 Å². The molecule has 0 bridgehead atoms. The fraction of sp³-hybridized carbons (Fsp3) is 0.368. The summed E-state index contributed by atoms with van der Waals surface area (Å²) in [5.41, 5.74) is 3.81. The van der Waals surface area contributed by atoms with Crippen LogP contribution in [0.3, 0.4) is 0 Å². The van der Waals surface area contributed by atoms with Crippen LogP contribution in [0.15, 0.2) is 48.5 Å². The highest BCUT2D eigenvalue weighted by atomic mass is 16.5. The van der Waals surface area contributed by atoms with Crippen molar-refractivity contribution >= 4 is 0 Å². The molecule has 1 atom stereocenters. The molecule has 3 rings (SSSR count). The summed E-state index contributed by atoms with van der Waals surface area (Å²) in [4.78, 5) is 0. The van der Waals surface area contributed by atoms with Crippen LogP contribution in [0.5, 0.6) is 5.75 Å². The molecule has 1 aliphatic rings. The molecule has 2 aromatic rings. The number of rotatable bonds is 6. The second-order valence-electron chi connectivity index (χ2n) is 5.72. The van der Waals surface area contributed by atoms with Gasteiger partial charge < -0.3 is 10.1 Å². The molecule has 0 aliphatic heterocycles. The summed E-state index contributed by atoms with van der Waals surface area (Å²) in [7, 11) is 2.02. The molecule has 110 valence electrons. The minimum absolute atomic E-state index is 0.413. The lowest BCUT2D eigenvalue weighted by atomic mass is 9.98. The van der Waals surface area contributed by atoms with Gasteiger partial charge >= 0.3 is 0 Å². The van der Waals surface area contributed by atoms with E-state index in [-0.39, 0.29) is 0 Å². The monoisotopic (exact) mass is 281 g/mol. The fourth-order valence-corrected chi connectivity index (χ4v) is 2.67. The van der Waals surface area contributed by atoms with Gasteiger partial charge in [-0.05, 0) is 61.2 Å². The Kier molecular flexibility index (Phi) is 4.26. The molecular formula is C19H23NO. The van der Waals surface area contributed by atoms with Crippen LogP contribution in [0, 0.1) is 0 Å². The van der Waals surface area contributed by atoms with Crippen molar-refractivity contribution in [3.05, 3.63) is 54.1 Å². The minimum Gasteiger partial charge on any atom is -0.490 e. The Morgan fingerprint density at radius 3 is 2.48 bits per heavy atom. The van der Waals surface area contributed by atoms with Crippen LogP contribution in [-0.2, 0) is 0 Å². The lowest BCUT2D eigenvalue weighted by Crippen LogP contribution is -2.15. The molecule has 1 N–H and O–H groups in total. The maximum absolute atomic E-state index is 5.90. The summed E-state index contributed by atoms with van der Waals surface area (Å²) in [5, 5.41) is 3.37. The highest BCUT2D eigenvalue weighted by Gasteiger charge is 2.23. The van der Waals surface area contributed by atoms with Crippen LogP contribution >= 0.6 is 0 Å². The summed E-state index contributed by atoms with van der Waals surface area (Å²) >= 11 is 0. The third-order valence-corrected chi connectivity index (χ3v) is 4.04. The standard InChI is InChI=1S/C19H23NO/c1-3-19(20-2)16-8-4-6-14(12-16)15-7-5-9-18(13-15)21-17-10-11-17/h4-9,12-13,17,19-20H,3,10-11H2,1-2H3. The van der Waals surface area contributed by atoms with Gasteiger partial charge in [-0.3, -0.25) is 0 Å². The zero-order valence-corrected chi connectivity index (χ0v) is 12.8. The number of hydrogen-bond acceptors (Lipinski definition) is 2. The molecule has 0 heterocycles. The van der Waals surface area contributed by atoms with Gasteiger partial charge in [-0.1, -0.05) is 37.3 Å². The highest BCUT2D eigenvalue weighted by Crippen LogP contribution is 2.30. The van der Waals surface area contributed by atoms with Crippen molar-refractivity contribution in [3.8, 4) is 16.9 Å².